The summed E-state index contributed by atoms with van der Waals surface area (Å²) in [6.45, 7) is 2.21. The standard InChI is InChI=1S/C22H22NO/c1-14-10-11-16-8-5-9-18-20(16)19(14)21-22(24-18)17(12-13-23(21)2)15-6-3-4-7-15/h5,8-13,15H,3-4,6-7H2,1-2H3/q+1. The van der Waals surface area contributed by atoms with E-state index < -0.39 is 0 Å². The maximum Gasteiger partial charge on any atom is 0.256 e. The van der Waals surface area contributed by atoms with Crippen LogP contribution in [0.1, 0.15) is 42.7 Å². The number of benzene rings is 2. The van der Waals surface area contributed by atoms with E-state index in [1.165, 1.54) is 58.8 Å². The van der Waals surface area contributed by atoms with Crippen molar-refractivity contribution in [3.8, 4) is 22.8 Å². The molecule has 2 aromatic carbocycles. The van der Waals surface area contributed by atoms with Crippen molar-refractivity contribution in [1.29, 1.82) is 0 Å². The summed E-state index contributed by atoms with van der Waals surface area (Å²) in [6.07, 6.45) is 7.46. The van der Waals surface area contributed by atoms with Crippen LogP contribution in [0.25, 0.3) is 22.0 Å². The molecule has 24 heavy (non-hydrogen) atoms. The molecule has 2 heteroatoms. The van der Waals surface area contributed by atoms with Crippen molar-refractivity contribution in [2.45, 2.75) is 38.5 Å². The van der Waals surface area contributed by atoms with Crippen molar-refractivity contribution >= 4 is 10.8 Å². The van der Waals surface area contributed by atoms with Crippen LogP contribution in [-0.2, 0) is 7.05 Å². The third-order valence-electron chi connectivity index (χ3n) is 5.77. The molecule has 2 nitrogen and oxygen atoms in total. The van der Waals surface area contributed by atoms with E-state index in [0.29, 0.717) is 5.92 Å². The van der Waals surface area contributed by atoms with Gasteiger partial charge in [-0.1, -0.05) is 37.1 Å². The summed E-state index contributed by atoms with van der Waals surface area (Å²) in [5.74, 6) is 2.73. The number of ether oxygens (including phenoxy) is 1. The van der Waals surface area contributed by atoms with Crippen LogP contribution < -0.4 is 9.30 Å². The second kappa shape index (κ2) is 5.07. The van der Waals surface area contributed by atoms with Crippen molar-refractivity contribution in [1.82, 2.24) is 0 Å². The molecule has 120 valence electrons. The molecule has 3 aromatic rings. The molecule has 0 atom stereocenters. The van der Waals surface area contributed by atoms with Gasteiger partial charge in [0.05, 0.1) is 5.56 Å². The predicted octanol–water partition coefficient (Wildman–Crippen LogP) is 5.40. The highest BCUT2D eigenvalue weighted by atomic mass is 16.5. The van der Waals surface area contributed by atoms with Crippen LogP contribution in [0.2, 0.25) is 0 Å². The van der Waals surface area contributed by atoms with Gasteiger partial charge in [-0.3, -0.25) is 0 Å². The summed E-state index contributed by atoms with van der Waals surface area (Å²) < 4.78 is 8.74. The lowest BCUT2D eigenvalue weighted by Gasteiger charge is -2.24. The first-order valence-electron chi connectivity index (χ1n) is 8.97. The number of hydrogen-bond acceptors (Lipinski definition) is 1. The van der Waals surface area contributed by atoms with Gasteiger partial charge in [-0.25, -0.2) is 0 Å². The van der Waals surface area contributed by atoms with Crippen LogP contribution in [0.4, 0.5) is 0 Å². The smallest absolute Gasteiger partial charge is 0.256 e. The zero-order valence-electron chi connectivity index (χ0n) is 14.3. The Bertz CT molecular complexity index is 967. The lowest BCUT2D eigenvalue weighted by molar-refractivity contribution is -0.660. The molecule has 0 amide bonds. The number of nitrogens with zero attached hydrogens (tertiary/aromatic N) is 1. The Kier molecular flexibility index (Phi) is 2.97. The first-order valence-corrected chi connectivity index (χ1v) is 8.97. The summed E-state index contributed by atoms with van der Waals surface area (Å²) >= 11 is 0. The summed E-state index contributed by atoms with van der Waals surface area (Å²) in [6, 6.07) is 13.1. The third-order valence-corrected chi connectivity index (χ3v) is 5.77. The van der Waals surface area contributed by atoms with Crippen LogP contribution in [0.15, 0.2) is 42.6 Å². The van der Waals surface area contributed by atoms with Gasteiger partial charge in [0.25, 0.3) is 5.69 Å². The molecule has 0 radical (unpaired) electrons. The average molecular weight is 316 g/mol. The topological polar surface area (TPSA) is 13.1 Å². The molecule has 0 N–H and O–H groups in total. The minimum atomic E-state index is 0.643. The second-order valence-corrected chi connectivity index (χ2v) is 7.25. The van der Waals surface area contributed by atoms with Crippen molar-refractivity contribution in [2.75, 3.05) is 0 Å². The molecule has 1 aromatic heterocycles. The summed E-state index contributed by atoms with van der Waals surface area (Å²) in [7, 11) is 2.13. The highest BCUT2D eigenvalue weighted by Crippen LogP contribution is 2.50. The summed E-state index contributed by atoms with van der Waals surface area (Å²) in [5, 5.41) is 2.51. The molecule has 5 rings (SSSR count). The first kappa shape index (κ1) is 14.0. The quantitative estimate of drug-likeness (QED) is 0.428. The fraction of sp³-hybridized carbons (Fsp3) is 0.318. The van der Waals surface area contributed by atoms with E-state index in [1.54, 1.807) is 0 Å². The number of rotatable bonds is 1. The molecule has 0 unspecified atom stereocenters. The molecule has 0 saturated heterocycles. The third kappa shape index (κ3) is 1.86. The van der Waals surface area contributed by atoms with Crippen LogP contribution in [-0.4, -0.2) is 0 Å². The Morgan fingerprint density at radius 2 is 1.88 bits per heavy atom. The normalized spacial score (nSPS) is 16.2. The largest absolute Gasteiger partial charge is 0.449 e. The Hall–Kier alpha value is -2.35. The zero-order chi connectivity index (χ0) is 16.3. The van der Waals surface area contributed by atoms with Crippen molar-refractivity contribution < 1.29 is 9.30 Å². The van der Waals surface area contributed by atoms with Gasteiger partial charge < -0.3 is 4.74 Å². The van der Waals surface area contributed by atoms with Gasteiger partial charge in [0.1, 0.15) is 12.8 Å². The van der Waals surface area contributed by atoms with Gasteiger partial charge in [-0.15, -0.1) is 0 Å². The highest BCUT2D eigenvalue weighted by molar-refractivity contribution is 6.04. The van der Waals surface area contributed by atoms with E-state index in [0.717, 1.165) is 11.5 Å². The van der Waals surface area contributed by atoms with Gasteiger partial charge in [0.2, 0.25) is 5.75 Å². The number of fused-ring (bicyclic) bond motifs is 2. The highest BCUT2D eigenvalue weighted by Gasteiger charge is 2.33. The maximum absolute atomic E-state index is 6.51. The number of aryl methyl sites for hydroxylation is 2. The van der Waals surface area contributed by atoms with E-state index in [-0.39, 0.29) is 0 Å². The van der Waals surface area contributed by atoms with Crippen LogP contribution in [0, 0.1) is 6.92 Å². The molecule has 0 spiro atoms. The Morgan fingerprint density at radius 1 is 1.04 bits per heavy atom. The molecule has 2 heterocycles. The lowest BCUT2D eigenvalue weighted by atomic mass is 9.89. The van der Waals surface area contributed by atoms with Gasteiger partial charge in [0.15, 0.2) is 6.20 Å². The van der Waals surface area contributed by atoms with Gasteiger partial charge in [-0.05, 0) is 42.7 Å². The first-order chi connectivity index (χ1) is 11.7. The van der Waals surface area contributed by atoms with E-state index in [4.69, 9.17) is 4.74 Å². The van der Waals surface area contributed by atoms with E-state index >= 15 is 0 Å². The summed E-state index contributed by atoms with van der Waals surface area (Å²) in [5.41, 5.74) is 5.29. The fourth-order valence-corrected chi connectivity index (χ4v) is 4.54. The van der Waals surface area contributed by atoms with E-state index in [9.17, 15) is 0 Å². The fourth-order valence-electron chi connectivity index (χ4n) is 4.54. The van der Waals surface area contributed by atoms with Gasteiger partial charge >= 0.3 is 0 Å². The molecule has 1 aliphatic heterocycles. The average Bonchev–Trinajstić information content (AvgIpc) is 3.12. The molecule has 1 aliphatic carbocycles. The van der Waals surface area contributed by atoms with Crippen LogP contribution in [0.3, 0.4) is 0 Å². The van der Waals surface area contributed by atoms with Crippen LogP contribution >= 0.6 is 0 Å². The minimum absolute atomic E-state index is 0.643. The molecule has 0 bridgehead atoms. The molecule has 1 fully saturated rings. The lowest BCUT2D eigenvalue weighted by Crippen LogP contribution is -2.32. The number of pyridine rings is 1. The van der Waals surface area contributed by atoms with Gasteiger partial charge in [0, 0.05) is 17.0 Å². The van der Waals surface area contributed by atoms with E-state index in [1.807, 2.05) is 0 Å². The maximum atomic E-state index is 6.51. The Labute approximate surface area is 142 Å². The molecule has 1 saturated carbocycles. The van der Waals surface area contributed by atoms with E-state index in [2.05, 4.69) is 61.1 Å². The van der Waals surface area contributed by atoms with Crippen LogP contribution in [0.5, 0.6) is 11.5 Å². The minimum Gasteiger partial charge on any atom is -0.449 e. The number of hydrogen-bond donors (Lipinski definition) is 0. The Balaban J connectivity index is 1.87. The molecule has 2 aliphatic rings. The van der Waals surface area contributed by atoms with Crippen molar-refractivity contribution in [3.63, 3.8) is 0 Å². The second-order valence-electron chi connectivity index (χ2n) is 7.25. The Morgan fingerprint density at radius 3 is 2.71 bits per heavy atom. The predicted molar refractivity (Wildman–Crippen MR) is 96.6 cm³/mol. The SMILES string of the molecule is Cc1ccc2cccc3c2c1-c1c(c(C2CCCC2)cc[n+]1C)O3. The van der Waals surface area contributed by atoms with Gasteiger partial charge in [-0.2, -0.15) is 4.57 Å². The summed E-state index contributed by atoms with van der Waals surface area (Å²) in [4.78, 5) is 0. The monoisotopic (exact) mass is 316 g/mol. The molecular formula is C22H22NO+. The van der Waals surface area contributed by atoms with Crippen molar-refractivity contribution in [3.05, 3.63) is 53.7 Å². The van der Waals surface area contributed by atoms with Crippen molar-refractivity contribution in [2.24, 2.45) is 7.05 Å². The zero-order valence-corrected chi connectivity index (χ0v) is 14.3. The molecular weight excluding hydrogens is 294 g/mol. The number of aromatic nitrogens is 1.